The fourth-order valence-corrected chi connectivity index (χ4v) is 3.56. The van der Waals surface area contributed by atoms with Crippen molar-refractivity contribution in [3.63, 3.8) is 0 Å². The van der Waals surface area contributed by atoms with Crippen LogP contribution < -0.4 is 10.6 Å². The van der Waals surface area contributed by atoms with Crippen LogP contribution in [0.2, 0.25) is 0 Å². The molecule has 2 amide bonds. The molecule has 2 aromatic rings. The lowest BCUT2D eigenvalue weighted by Crippen LogP contribution is -2.35. The average molecular weight is 398 g/mol. The molecule has 0 saturated carbocycles. The van der Waals surface area contributed by atoms with E-state index < -0.39 is 0 Å². The number of benzene rings is 1. The third-order valence-electron chi connectivity index (χ3n) is 3.19. The van der Waals surface area contributed by atoms with E-state index in [1.165, 1.54) is 52.3 Å². The van der Waals surface area contributed by atoms with Crippen LogP contribution in [0.1, 0.15) is 13.3 Å². The molecular formula is C16H20FN5O2S2. The summed E-state index contributed by atoms with van der Waals surface area (Å²) >= 11 is 2.68. The molecule has 0 fully saturated rings. The highest BCUT2D eigenvalue weighted by atomic mass is 32.2. The molecule has 0 unspecified atom stereocenters. The van der Waals surface area contributed by atoms with Gasteiger partial charge in [0.2, 0.25) is 16.9 Å². The average Bonchev–Trinajstić information content (AvgIpc) is 3.07. The molecule has 1 aromatic heterocycles. The van der Waals surface area contributed by atoms with Crippen molar-refractivity contribution in [3.05, 3.63) is 30.1 Å². The van der Waals surface area contributed by atoms with Gasteiger partial charge in [-0.15, -0.1) is 10.2 Å². The van der Waals surface area contributed by atoms with Crippen LogP contribution in [-0.2, 0) is 9.59 Å². The number of nitrogens with zero attached hydrogens (tertiary/aromatic N) is 3. The molecule has 0 atom stereocenters. The predicted octanol–water partition coefficient (Wildman–Crippen LogP) is 2.69. The Morgan fingerprint density at radius 3 is 2.69 bits per heavy atom. The molecule has 0 aliphatic carbocycles. The van der Waals surface area contributed by atoms with Gasteiger partial charge in [-0.3, -0.25) is 9.59 Å². The standard InChI is InChI=1S/C16H20FN5O2S2/c1-3-8-18-15-20-21-16(26-15)25-10-14(24)22(2)9-13(23)19-12-6-4-11(17)5-7-12/h4-7H,3,8-10H2,1-2H3,(H,18,20)(H,19,23). The Morgan fingerprint density at radius 1 is 1.27 bits per heavy atom. The molecule has 1 aromatic carbocycles. The summed E-state index contributed by atoms with van der Waals surface area (Å²) in [5, 5.41) is 14.5. The van der Waals surface area contributed by atoms with Gasteiger partial charge in [0.05, 0.1) is 12.3 Å². The van der Waals surface area contributed by atoms with Crippen molar-refractivity contribution in [2.45, 2.75) is 17.7 Å². The van der Waals surface area contributed by atoms with E-state index in [2.05, 4.69) is 27.8 Å². The number of nitrogens with one attached hydrogen (secondary N) is 2. The molecule has 0 saturated heterocycles. The van der Waals surface area contributed by atoms with E-state index in [0.29, 0.717) is 10.0 Å². The molecular weight excluding hydrogens is 377 g/mol. The van der Waals surface area contributed by atoms with Crippen molar-refractivity contribution in [2.75, 3.05) is 36.5 Å². The van der Waals surface area contributed by atoms with Crippen molar-refractivity contribution < 1.29 is 14.0 Å². The first kappa shape index (κ1) is 20.1. The number of aromatic nitrogens is 2. The summed E-state index contributed by atoms with van der Waals surface area (Å²) in [6.07, 6.45) is 0.991. The first-order chi connectivity index (χ1) is 12.5. The highest BCUT2D eigenvalue weighted by Gasteiger charge is 2.15. The lowest BCUT2D eigenvalue weighted by Gasteiger charge is -2.16. The Balaban J connectivity index is 1.75. The van der Waals surface area contributed by atoms with E-state index >= 15 is 0 Å². The molecule has 7 nitrogen and oxygen atoms in total. The normalized spacial score (nSPS) is 10.4. The van der Waals surface area contributed by atoms with Gasteiger partial charge >= 0.3 is 0 Å². The summed E-state index contributed by atoms with van der Waals surface area (Å²) in [4.78, 5) is 25.4. The minimum Gasteiger partial charge on any atom is -0.360 e. The minimum absolute atomic E-state index is 0.0871. The van der Waals surface area contributed by atoms with Crippen molar-refractivity contribution in [1.29, 1.82) is 0 Å². The maximum Gasteiger partial charge on any atom is 0.243 e. The van der Waals surface area contributed by atoms with Crippen molar-refractivity contribution in [3.8, 4) is 0 Å². The molecule has 0 aliphatic heterocycles. The van der Waals surface area contributed by atoms with Gasteiger partial charge in [-0.25, -0.2) is 4.39 Å². The second kappa shape index (κ2) is 10.1. The Kier molecular flexibility index (Phi) is 7.79. The van der Waals surface area contributed by atoms with Crippen LogP contribution in [0.4, 0.5) is 15.2 Å². The Labute approximate surface area is 159 Å². The second-order valence-electron chi connectivity index (χ2n) is 5.39. The quantitative estimate of drug-likeness (QED) is 0.633. The van der Waals surface area contributed by atoms with Crippen molar-refractivity contribution >= 4 is 45.7 Å². The van der Waals surface area contributed by atoms with Crippen LogP contribution in [0.25, 0.3) is 0 Å². The highest BCUT2D eigenvalue weighted by molar-refractivity contribution is 8.01. The topological polar surface area (TPSA) is 87.2 Å². The van der Waals surface area contributed by atoms with Crippen LogP contribution in [0.15, 0.2) is 28.6 Å². The van der Waals surface area contributed by atoms with Gasteiger partial charge in [-0.05, 0) is 30.7 Å². The first-order valence-electron chi connectivity index (χ1n) is 7.97. The summed E-state index contributed by atoms with van der Waals surface area (Å²) < 4.78 is 13.5. The predicted molar refractivity (Wildman–Crippen MR) is 102 cm³/mol. The summed E-state index contributed by atoms with van der Waals surface area (Å²) in [6, 6.07) is 5.44. The van der Waals surface area contributed by atoms with Gasteiger partial charge < -0.3 is 15.5 Å². The summed E-state index contributed by atoms with van der Waals surface area (Å²) in [5.41, 5.74) is 0.479. The number of halogens is 1. The van der Waals surface area contributed by atoms with Gasteiger partial charge in [-0.2, -0.15) is 0 Å². The molecule has 2 N–H and O–H groups in total. The van der Waals surface area contributed by atoms with E-state index in [4.69, 9.17) is 0 Å². The zero-order chi connectivity index (χ0) is 18.9. The fraction of sp³-hybridized carbons (Fsp3) is 0.375. The summed E-state index contributed by atoms with van der Waals surface area (Å²) in [6.45, 7) is 2.80. The monoisotopic (exact) mass is 397 g/mol. The molecule has 1 heterocycles. The summed E-state index contributed by atoms with van der Waals surface area (Å²) in [7, 11) is 1.56. The molecule has 140 valence electrons. The third-order valence-corrected chi connectivity index (χ3v) is 5.19. The van der Waals surface area contributed by atoms with Crippen LogP contribution in [0, 0.1) is 5.82 Å². The zero-order valence-electron chi connectivity index (χ0n) is 14.5. The summed E-state index contributed by atoms with van der Waals surface area (Å²) in [5.74, 6) is -0.748. The lowest BCUT2D eigenvalue weighted by atomic mass is 10.3. The maximum absolute atomic E-state index is 12.8. The van der Waals surface area contributed by atoms with E-state index in [1.54, 1.807) is 7.05 Å². The fourth-order valence-electron chi connectivity index (χ4n) is 1.84. The molecule has 26 heavy (non-hydrogen) atoms. The smallest absolute Gasteiger partial charge is 0.243 e. The van der Waals surface area contributed by atoms with E-state index in [-0.39, 0.29) is 29.9 Å². The number of thioether (sulfide) groups is 1. The van der Waals surface area contributed by atoms with Crippen LogP contribution in [-0.4, -0.2) is 52.8 Å². The number of amides is 2. The van der Waals surface area contributed by atoms with E-state index in [1.807, 2.05) is 0 Å². The maximum atomic E-state index is 12.8. The minimum atomic E-state index is -0.378. The largest absolute Gasteiger partial charge is 0.360 e. The molecule has 0 aliphatic rings. The van der Waals surface area contributed by atoms with Crippen LogP contribution in [0.3, 0.4) is 0 Å². The number of rotatable bonds is 9. The number of hydrogen-bond acceptors (Lipinski definition) is 7. The van der Waals surface area contributed by atoms with Gasteiger partial charge in [0.25, 0.3) is 0 Å². The van der Waals surface area contributed by atoms with E-state index in [0.717, 1.165) is 18.1 Å². The van der Waals surface area contributed by atoms with Gasteiger partial charge in [0, 0.05) is 19.3 Å². The van der Waals surface area contributed by atoms with Crippen molar-refractivity contribution in [1.82, 2.24) is 15.1 Å². The number of hydrogen-bond donors (Lipinski definition) is 2. The van der Waals surface area contributed by atoms with E-state index in [9.17, 15) is 14.0 Å². The third kappa shape index (κ3) is 6.60. The number of carbonyl (C=O) groups excluding carboxylic acids is 2. The first-order valence-corrected chi connectivity index (χ1v) is 9.77. The number of carbonyl (C=O) groups is 2. The zero-order valence-corrected chi connectivity index (χ0v) is 16.1. The van der Waals surface area contributed by atoms with Crippen molar-refractivity contribution in [2.24, 2.45) is 0 Å². The number of anilines is 2. The molecule has 10 heteroatoms. The van der Waals surface area contributed by atoms with Gasteiger partial charge in [-0.1, -0.05) is 30.0 Å². The Bertz CT molecular complexity index is 738. The van der Waals surface area contributed by atoms with Gasteiger partial charge in [0.15, 0.2) is 4.34 Å². The lowest BCUT2D eigenvalue weighted by molar-refractivity contribution is -0.131. The SMILES string of the molecule is CCCNc1nnc(SCC(=O)N(C)CC(=O)Nc2ccc(F)cc2)s1. The highest BCUT2D eigenvalue weighted by Crippen LogP contribution is 2.25. The van der Waals surface area contributed by atoms with Crippen LogP contribution in [0.5, 0.6) is 0 Å². The van der Waals surface area contributed by atoms with Gasteiger partial charge in [0.1, 0.15) is 5.82 Å². The van der Waals surface area contributed by atoms with Crippen LogP contribution >= 0.6 is 23.1 Å². The Morgan fingerprint density at radius 2 is 2.00 bits per heavy atom. The molecule has 0 spiro atoms. The molecule has 0 radical (unpaired) electrons. The molecule has 2 rings (SSSR count). The molecule has 0 bridgehead atoms. The second-order valence-corrected chi connectivity index (χ2v) is 7.59. The Hall–Kier alpha value is -2.20. The number of likely N-dealkylation sites (N-methyl/N-ethyl adjacent to an activating group) is 1.